The molecule has 0 radical (unpaired) electrons. The molecule has 0 heterocycles. The van der Waals surface area contributed by atoms with Crippen LogP contribution in [-0.4, -0.2) is 6.18 Å². The van der Waals surface area contributed by atoms with Gasteiger partial charge < -0.3 is 5.73 Å². The topological polar surface area (TPSA) is 26.0 Å². The number of hydrogen-bond acceptors (Lipinski definition) is 1. The Morgan fingerprint density at radius 1 is 1.16 bits per heavy atom. The fourth-order valence-electron chi connectivity index (χ4n) is 3.10. The molecule has 1 saturated carbocycles. The highest BCUT2D eigenvalue weighted by atomic mass is 19.4. The molecule has 2 N–H and O–H groups in total. The second-order valence-electron chi connectivity index (χ2n) is 5.79. The summed E-state index contributed by atoms with van der Waals surface area (Å²) in [5.41, 5.74) is 8.99. The molecule has 0 spiro atoms. The van der Waals surface area contributed by atoms with Crippen molar-refractivity contribution < 1.29 is 13.2 Å². The first-order valence-electron chi connectivity index (χ1n) is 6.66. The molecule has 4 heteroatoms. The molecule has 0 saturated heterocycles. The first-order valence-corrected chi connectivity index (χ1v) is 6.66. The molecule has 0 aliphatic heterocycles. The van der Waals surface area contributed by atoms with E-state index in [1.807, 2.05) is 32.0 Å². The van der Waals surface area contributed by atoms with Crippen molar-refractivity contribution in [1.29, 1.82) is 0 Å². The third-order valence-electron chi connectivity index (χ3n) is 4.26. The van der Waals surface area contributed by atoms with E-state index in [2.05, 4.69) is 0 Å². The molecule has 2 rings (SSSR count). The summed E-state index contributed by atoms with van der Waals surface area (Å²) in [4.78, 5) is 0. The van der Waals surface area contributed by atoms with Gasteiger partial charge in [0.2, 0.25) is 0 Å². The average molecular weight is 271 g/mol. The average Bonchev–Trinajstić information content (AvgIpc) is 2.27. The van der Waals surface area contributed by atoms with E-state index in [0.717, 1.165) is 16.7 Å². The fraction of sp³-hybridized carbons (Fsp3) is 0.600. The van der Waals surface area contributed by atoms with E-state index >= 15 is 0 Å². The molecule has 1 fully saturated rings. The van der Waals surface area contributed by atoms with Crippen molar-refractivity contribution in [3.05, 3.63) is 34.9 Å². The predicted octanol–water partition coefficient (Wildman–Crippen LogP) is 4.21. The lowest BCUT2D eigenvalue weighted by Gasteiger charge is -2.39. The minimum Gasteiger partial charge on any atom is -0.321 e. The van der Waals surface area contributed by atoms with Crippen molar-refractivity contribution in [3.63, 3.8) is 0 Å². The standard InChI is InChI=1S/C15H20F3N/c1-10-3-4-13(11(2)9-10)14(19)7-5-12(6-8-14)15(16,17)18/h3-4,9,12H,5-8,19H2,1-2H3. The summed E-state index contributed by atoms with van der Waals surface area (Å²) in [5, 5.41) is 0. The Balaban J connectivity index is 2.18. The Hall–Kier alpha value is -1.03. The molecule has 0 bridgehead atoms. The molecule has 0 amide bonds. The lowest BCUT2D eigenvalue weighted by molar-refractivity contribution is -0.184. The monoisotopic (exact) mass is 271 g/mol. The molecular weight excluding hydrogens is 251 g/mol. The molecule has 0 atom stereocenters. The lowest BCUT2D eigenvalue weighted by atomic mass is 9.72. The van der Waals surface area contributed by atoms with Crippen LogP contribution in [0, 0.1) is 19.8 Å². The largest absolute Gasteiger partial charge is 0.391 e. The van der Waals surface area contributed by atoms with Gasteiger partial charge in [-0.3, -0.25) is 0 Å². The molecule has 1 aliphatic carbocycles. The van der Waals surface area contributed by atoms with Crippen molar-refractivity contribution in [2.75, 3.05) is 0 Å². The number of benzene rings is 1. The smallest absolute Gasteiger partial charge is 0.321 e. The Bertz CT molecular complexity index is 457. The van der Waals surface area contributed by atoms with Gasteiger partial charge in [0.25, 0.3) is 0 Å². The fourth-order valence-corrected chi connectivity index (χ4v) is 3.10. The third kappa shape index (κ3) is 2.94. The van der Waals surface area contributed by atoms with Crippen molar-refractivity contribution in [2.24, 2.45) is 11.7 Å². The molecule has 0 unspecified atom stereocenters. The normalized spacial score (nSPS) is 28.4. The summed E-state index contributed by atoms with van der Waals surface area (Å²) >= 11 is 0. The molecule has 106 valence electrons. The van der Waals surface area contributed by atoms with Gasteiger partial charge in [0.05, 0.1) is 5.92 Å². The molecular formula is C15H20F3N. The van der Waals surface area contributed by atoms with E-state index in [1.54, 1.807) is 0 Å². The number of nitrogens with two attached hydrogens (primary N) is 1. The van der Waals surface area contributed by atoms with Gasteiger partial charge in [-0.05, 0) is 50.7 Å². The van der Waals surface area contributed by atoms with Crippen molar-refractivity contribution in [3.8, 4) is 0 Å². The number of rotatable bonds is 1. The van der Waals surface area contributed by atoms with Crippen LogP contribution in [0.5, 0.6) is 0 Å². The second kappa shape index (κ2) is 4.82. The van der Waals surface area contributed by atoms with Gasteiger partial charge in [-0.2, -0.15) is 13.2 Å². The van der Waals surface area contributed by atoms with Crippen molar-refractivity contribution >= 4 is 0 Å². The quantitative estimate of drug-likeness (QED) is 0.813. The minimum atomic E-state index is -4.08. The first kappa shape index (κ1) is 14.4. The summed E-state index contributed by atoms with van der Waals surface area (Å²) in [5.74, 6) is -1.19. The highest BCUT2D eigenvalue weighted by Gasteiger charge is 2.45. The minimum absolute atomic E-state index is 0.132. The molecule has 0 aromatic heterocycles. The van der Waals surface area contributed by atoms with E-state index in [9.17, 15) is 13.2 Å². The maximum atomic E-state index is 12.7. The van der Waals surface area contributed by atoms with E-state index in [1.165, 1.54) is 0 Å². The summed E-state index contributed by atoms with van der Waals surface area (Å²) in [7, 11) is 0. The summed E-state index contributed by atoms with van der Waals surface area (Å²) in [6.07, 6.45) is -3.01. The molecule has 1 aromatic rings. The Labute approximate surface area is 112 Å². The molecule has 1 nitrogen and oxygen atoms in total. The van der Waals surface area contributed by atoms with E-state index in [-0.39, 0.29) is 12.8 Å². The van der Waals surface area contributed by atoms with Crippen molar-refractivity contribution in [1.82, 2.24) is 0 Å². The zero-order valence-electron chi connectivity index (χ0n) is 11.3. The highest BCUT2D eigenvalue weighted by Crippen LogP contribution is 2.44. The zero-order valence-corrected chi connectivity index (χ0v) is 11.3. The van der Waals surface area contributed by atoms with Gasteiger partial charge in [-0.25, -0.2) is 0 Å². The summed E-state index contributed by atoms with van der Waals surface area (Å²) in [6, 6.07) is 5.99. The van der Waals surface area contributed by atoms with Gasteiger partial charge in [0.15, 0.2) is 0 Å². The molecule has 1 aliphatic rings. The molecule has 19 heavy (non-hydrogen) atoms. The second-order valence-corrected chi connectivity index (χ2v) is 5.79. The van der Waals surface area contributed by atoms with Gasteiger partial charge >= 0.3 is 6.18 Å². The van der Waals surface area contributed by atoms with E-state index in [4.69, 9.17) is 5.73 Å². The van der Waals surface area contributed by atoms with Crippen LogP contribution in [-0.2, 0) is 5.54 Å². The van der Waals surface area contributed by atoms with Crippen LogP contribution >= 0.6 is 0 Å². The number of halogens is 3. The van der Waals surface area contributed by atoms with Gasteiger partial charge in [0.1, 0.15) is 0 Å². The first-order chi connectivity index (χ1) is 8.72. The maximum absolute atomic E-state index is 12.7. The van der Waals surface area contributed by atoms with Crippen molar-refractivity contribution in [2.45, 2.75) is 51.2 Å². The van der Waals surface area contributed by atoms with Gasteiger partial charge in [-0.15, -0.1) is 0 Å². The summed E-state index contributed by atoms with van der Waals surface area (Å²) in [6.45, 7) is 3.98. The van der Waals surface area contributed by atoms with Crippen LogP contribution in [0.3, 0.4) is 0 Å². The van der Waals surface area contributed by atoms with Crippen LogP contribution in [0.2, 0.25) is 0 Å². The number of hydrogen-bond donors (Lipinski definition) is 1. The maximum Gasteiger partial charge on any atom is 0.391 e. The Morgan fingerprint density at radius 2 is 1.74 bits per heavy atom. The van der Waals surface area contributed by atoms with Crippen LogP contribution in [0.1, 0.15) is 42.4 Å². The lowest BCUT2D eigenvalue weighted by Crippen LogP contribution is -2.43. The van der Waals surface area contributed by atoms with Crippen LogP contribution in [0.25, 0.3) is 0 Å². The van der Waals surface area contributed by atoms with E-state index < -0.39 is 17.6 Å². The van der Waals surface area contributed by atoms with Gasteiger partial charge in [0, 0.05) is 5.54 Å². The summed E-state index contributed by atoms with van der Waals surface area (Å²) < 4.78 is 38.1. The number of aryl methyl sites for hydroxylation is 2. The zero-order chi connectivity index (χ0) is 14.3. The SMILES string of the molecule is Cc1ccc(C2(N)CCC(C(F)(F)F)CC2)c(C)c1. The molecule has 1 aromatic carbocycles. The highest BCUT2D eigenvalue weighted by molar-refractivity contribution is 5.36. The van der Waals surface area contributed by atoms with Crippen LogP contribution < -0.4 is 5.73 Å². The predicted molar refractivity (Wildman–Crippen MR) is 69.8 cm³/mol. The Morgan fingerprint density at radius 3 is 2.21 bits per heavy atom. The van der Waals surface area contributed by atoms with E-state index in [0.29, 0.717) is 12.8 Å². The number of alkyl halides is 3. The van der Waals surface area contributed by atoms with Crippen LogP contribution in [0.4, 0.5) is 13.2 Å². The van der Waals surface area contributed by atoms with Gasteiger partial charge in [-0.1, -0.05) is 23.8 Å². The third-order valence-corrected chi connectivity index (χ3v) is 4.26. The van der Waals surface area contributed by atoms with Crippen LogP contribution in [0.15, 0.2) is 18.2 Å². The Kier molecular flexibility index (Phi) is 3.65.